The Labute approximate surface area is 82.3 Å². The molecule has 0 fully saturated rings. The zero-order valence-electron chi connectivity index (χ0n) is 5.59. The number of hydrogen-bond donors (Lipinski definition) is 0. The van der Waals surface area contributed by atoms with Crippen LogP contribution >= 0.6 is 0 Å². The predicted molar refractivity (Wildman–Crippen MR) is 25.2 cm³/mol. The predicted octanol–water partition coefficient (Wildman–Crippen LogP) is -2.10. The fourth-order valence-corrected chi connectivity index (χ4v) is 0. The van der Waals surface area contributed by atoms with Gasteiger partial charge in [0, 0.05) is 0 Å². The first-order valence-corrected chi connectivity index (χ1v) is 0. The molecule has 0 bridgehead atoms. The van der Waals surface area contributed by atoms with Gasteiger partial charge in [-0.1, -0.05) is 0 Å². The fraction of sp³-hybridized carbons (Fsp3) is 0. The maximum absolute atomic E-state index is 0. The van der Waals surface area contributed by atoms with E-state index in [0.29, 0.717) is 0 Å². The van der Waals surface area contributed by atoms with Crippen LogP contribution in [0.15, 0.2) is 0 Å². The molecule has 0 rings (SSSR count). The van der Waals surface area contributed by atoms with Crippen LogP contribution in [-0.2, 0) is 16.4 Å². The molecule has 0 saturated carbocycles. The van der Waals surface area contributed by atoms with Gasteiger partial charge >= 0.3 is 57.8 Å². The molecule has 4 nitrogen and oxygen atoms in total. The van der Waals surface area contributed by atoms with Crippen molar-refractivity contribution in [2.24, 2.45) is 0 Å². The van der Waals surface area contributed by atoms with Gasteiger partial charge < -0.3 is 24.8 Å². The maximum atomic E-state index is 0. The average molecular weight is 146 g/mol. The molecular weight excluding hydrogens is 142 g/mol. The van der Waals surface area contributed by atoms with Gasteiger partial charge in [0.05, 0.1) is 0 Å². The summed E-state index contributed by atoms with van der Waals surface area (Å²) >= 11 is 0. The molecule has 2 N–H and O–H groups in total. The summed E-state index contributed by atoms with van der Waals surface area (Å²) in [7, 11) is 0. The van der Waals surface area contributed by atoms with Crippen molar-refractivity contribution in [3.63, 3.8) is 0 Å². The minimum atomic E-state index is 0. The van der Waals surface area contributed by atoms with Crippen molar-refractivity contribution < 1.29 is 24.8 Å². The van der Waals surface area contributed by atoms with Gasteiger partial charge in [-0.3, -0.25) is 0 Å². The van der Waals surface area contributed by atoms with Crippen molar-refractivity contribution >= 4 is 57.8 Å². The number of hydrogen-bond acceptors (Lipinski definition) is 0. The minimum Gasteiger partial charge on any atom is -2.00 e. The molecule has 7 heteroatoms. The van der Waals surface area contributed by atoms with Crippen LogP contribution in [0.2, 0.25) is 0 Å². The van der Waals surface area contributed by atoms with E-state index in [-0.39, 0.29) is 82.5 Å². The molecular formula is H4Al2MgO4. The maximum Gasteiger partial charge on any atom is 3.00 e. The monoisotopic (exact) mass is 146 g/mol. The quantitative estimate of drug-likeness (QED) is 0.348. The normalized spacial score (nSPS) is 0. The Balaban J connectivity index is 0. The van der Waals surface area contributed by atoms with Gasteiger partial charge in [-0.2, -0.15) is 0 Å². The van der Waals surface area contributed by atoms with Crippen LogP contribution in [0.1, 0.15) is 2.85 Å². The molecule has 0 aliphatic heterocycles. The third-order valence-electron chi connectivity index (χ3n) is 0. The summed E-state index contributed by atoms with van der Waals surface area (Å²) in [6, 6.07) is 0. The molecule has 0 atom stereocenters. The molecule has 0 radical (unpaired) electrons. The Morgan fingerprint density at radius 3 is 0.714 bits per heavy atom. The molecule has 0 aliphatic carbocycles. The third-order valence-corrected chi connectivity index (χ3v) is 0. The Morgan fingerprint density at radius 1 is 0.714 bits per heavy atom. The van der Waals surface area contributed by atoms with Crippen molar-refractivity contribution in [2.45, 2.75) is 0 Å². The summed E-state index contributed by atoms with van der Waals surface area (Å²) in [5.74, 6) is 0. The summed E-state index contributed by atoms with van der Waals surface area (Å²) in [6.45, 7) is 0. The zero-order valence-corrected chi connectivity index (χ0v) is 7.31. The van der Waals surface area contributed by atoms with Crippen molar-refractivity contribution in [3.8, 4) is 0 Å². The van der Waals surface area contributed by atoms with Crippen LogP contribution in [-0.4, -0.2) is 63.3 Å². The van der Waals surface area contributed by atoms with Crippen LogP contribution in [0.4, 0.5) is 0 Å². The van der Waals surface area contributed by atoms with E-state index < -0.39 is 0 Å². The first kappa shape index (κ1) is 183. The van der Waals surface area contributed by atoms with Crippen LogP contribution in [0.5, 0.6) is 0 Å². The first-order valence-electron chi connectivity index (χ1n) is 0. The summed E-state index contributed by atoms with van der Waals surface area (Å²) in [4.78, 5) is 0. The van der Waals surface area contributed by atoms with E-state index in [2.05, 4.69) is 0 Å². The molecule has 0 spiro atoms. The van der Waals surface area contributed by atoms with Gasteiger partial charge in [0.2, 0.25) is 0 Å². The molecule has 0 aromatic carbocycles. The van der Waals surface area contributed by atoms with E-state index in [1.165, 1.54) is 0 Å². The molecule has 0 aliphatic rings. The second-order valence-corrected chi connectivity index (χ2v) is 0. The second-order valence-electron chi connectivity index (χ2n) is 0. The van der Waals surface area contributed by atoms with Crippen molar-refractivity contribution in [1.29, 1.82) is 0 Å². The second kappa shape index (κ2) is 122. The van der Waals surface area contributed by atoms with Gasteiger partial charge in [-0.25, -0.2) is 0 Å². The van der Waals surface area contributed by atoms with Crippen LogP contribution in [0, 0.1) is 0 Å². The van der Waals surface area contributed by atoms with Gasteiger partial charge in [-0.05, 0) is 0 Å². The Morgan fingerprint density at radius 2 is 0.714 bits per heavy atom. The minimum absolute atomic E-state index is 0. The molecule has 0 amide bonds. The summed E-state index contributed by atoms with van der Waals surface area (Å²) in [5.41, 5.74) is 0. The van der Waals surface area contributed by atoms with Crippen molar-refractivity contribution in [2.75, 3.05) is 0 Å². The van der Waals surface area contributed by atoms with E-state index in [4.69, 9.17) is 0 Å². The average Bonchev–Trinajstić information content (AvgIpc) is 0. The van der Waals surface area contributed by atoms with E-state index >= 15 is 0 Å². The smallest absolute Gasteiger partial charge is 2.00 e. The summed E-state index contributed by atoms with van der Waals surface area (Å²) in [5, 5.41) is 0. The summed E-state index contributed by atoms with van der Waals surface area (Å²) in [6.07, 6.45) is 0. The Hall–Kier alpha value is 1.67. The molecule has 0 unspecified atom stereocenters. The van der Waals surface area contributed by atoms with Gasteiger partial charge in [-0.15, -0.1) is 0 Å². The standard InChI is InChI=1S/2Al.Mg.H2O.3O.2H/h;;;1H2;;;;;/q2*+3;+2;;3*-2;2*-1. The Kier molecular flexibility index (Phi) is 3190. The van der Waals surface area contributed by atoms with Gasteiger partial charge in [0.15, 0.2) is 0 Å². The topological polar surface area (TPSA) is 117 Å². The van der Waals surface area contributed by atoms with Crippen LogP contribution in [0.25, 0.3) is 0 Å². The van der Waals surface area contributed by atoms with Crippen LogP contribution < -0.4 is 0 Å². The molecule has 0 heterocycles. The SMILES string of the molecule is O.[Al+3].[Al+3].[H-].[H-].[Mg+2].[O-2].[O-2].[O-2]. The Bertz CT molecular complexity index is 16.5. The van der Waals surface area contributed by atoms with E-state index in [0.717, 1.165) is 0 Å². The van der Waals surface area contributed by atoms with E-state index in [9.17, 15) is 0 Å². The summed E-state index contributed by atoms with van der Waals surface area (Å²) < 4.78 is 0. The molecule has 0 aromatic heterocycles. The van der Waals surface area contributed by atoms with Crippen molar-refractivity contribution in [3.05, 3.63) is 0 Å². The first-order chi connectivity index (χ1) is 0. The van der Waals surface area contributed by atoms with Gasteiger partial charge in [0.25, 0.3) is 0 Å². The number of rotatable bonds is 0. The zero-order chi connectivity index (χ0) is 0. The molecule has 7 heavy (non-hydrogen) atoms. The van der Waals surface area contributed by atoms with Gasteiger partial charge in [0.1, 0.15) is 0 Å². The molecule has 0 aromatic rings. The van der Waals surface area contributed by atoms with E-state index in [1.807, 2.05) is 0 Å². The van der Waals surface area contributed by atoms with Crippen molar-refractivity contribution in [1.82, 2.24) is 0 Å². The fourth-order valence-electron chi connectivity index (χ4n) is 0. The molecule has 0 saturated heterocycles. The van der Waals surface area contributed by atoms with Crippen LogP contribution in [0.3, 0.4) is 0 Å². The third kappa shape index (κ3) is 88.3. The molecule has 36 valence electrons. The largest absolute Gasteiger partial charge is 3.00 e. The van der Waals surface area contributed by atoms with E-state index in [1.54, 1.807) is 0 Å².